The maximum atomic E-state index is 12.4. The van der Waals surface area contributed by atoms with Crippen molar-refractivity contribution in [2.75, 3.05) is 6.61 Å². The highest BCUT2D eigenvalue weighted by Crippen LogP contribution is 2.30. The molecule has 1 amide bonds. The predicted molar refractivity (Wildman–Crippen MR) is 94.6 cm³/mol. The molecule has 27 heavy (non-hydrogen) atoms. The number of carbonyl (C=O) groups excluding carboxylic acids is 1. The summed E-state index contributed by atoms with van der Waals surface area (Å²) in [5, 5.41) is 48.9. The van der Waals surface area contributed by atoms with Crippen molar-refractivity contribution in [2.45, 2.75) is 75.5 Å². The Hall–Kier alpha value is -1.88. The maximum absolute atomic E-state index is 12.4. The van der Waals surface area contributed by atoms with E-state index in [0.717, 1.165) is 25.7 Å². The second-order valence-electron chi connectivity index (χ2n) is 7.32. The van der Waals surface area contributed by atoms with Gasteiger partial charge in [-0.1, -0.05) is 24.5 Å². The van der Waals surface area contributed by atoms with Gasteiger partial charge in [0.05, 0.1) is 12.8 Å². The number of ether oxygens (including phenoxy) is 1. The van der Waals surface area contributed by atoms with Crippen LogP contribution in [0.1, 0.15) is 55.6 Å². The van der Waals surface area contributed by atoms with Crippen molar-refractivity contribution in [3.8, 4) is 0 Å². The van der Waals surface area contributed by atoms with Crippen molar-refractivity contribution < 1.29 is 24.9 Å². The number of aliphatic hydroxyl groups is 3. The summed E-state index contributed by atoms with van der Waals surface area (Å²) in [6.45, 7) is 0.999. The molecule has 1 saturated carbocycles. The van der Waals surface area contributed by atoms with Gasteiger partial charge in [-0.2, -0.15) is 0 Å². The Morgan fingerprint density at radius 3 is 2.67 bits per heavy atom. The molecule has 1 saturated heterocycles. The second kappa shape index (κ2) is 8.42. The largest absolute Gasteiger partial charge is 0.394 e. The first-order valence-electron chi connectivity index (χ1n) is 9.32. The lowest BCUT2D eigenvalue weighted by Crippen LogP contribution is -2.57. The predicted octanol–water partition coefficient (Wildman–Crippen LogP) is -0.597. The molecule has 0 unspecified atom stereocenters. The van der Waals surface area contributed by atoms with Crippen molar-refractivity contribution in [1.29, 1.82) is 5.41 Å². The summed E-state index contributed by atoms with van der Waals surface area (Å²) in [5.74, 6) is -0.345. The summed E-state index contributed by atoms with van der Waals surface area (Å²) >= 11 is 0. The lowest BCUT2D eigenvalue weighted by molar-refractivity contribution is -0.185. The summed E-state index contributed by atoms with van der Waals surface area (Å²) in [7, 11) is 0. The van der Waals surface area contributed by atoms with Gasteiger partial charge in [-0.3, -0.25) is 4.79 Å². The van der Waals surface area contributed by atoms with Gasteiger partial charge in [0.25, 0.3) is 5.91 Å². The number of nitrogens with one attached hydrogen (secondary N) is 2. The minimum atomic E-state index is -1.27. The summed E-state index contributed by atoms with van der Waals surface area (Å²) in [5.41, 5.74) is 0.156. The third-order valence-electron chi connectivity index (χ3n) is 5.31. The van der Waals surface area contributed by atoms with Gasteiger partial charge >= 0.3 is 0 Å². The summed E-state index contributed by atoms with van der Waals surface area (Å²) in [6, 6.07) is -0.871. The molecule has 10 heteroatoms. The number of rotatable bonds is 5. The molecule has 3 rings (SSSR count). The molecule has 1 aliphatic carbocycles. The molecule has 5 N–H and O–H groups in total. The molecular weight excluding hydrogens is 354 g/mol. The molecule has 2 aliphatic rings. The fourth-order valence-electron chi connectivity index (χ4n) is 3.81. The minimum Gasteiger partial charge on any atom is -0.394 e. The third kappa shape index (κ3) is 4.18. The van der Waals surface area contributed by atoms with Crippen LogP contribution in [0.25, 0.3) is 0 Å². The number of aromatic nitrogens is 3. The van der Waals surface area contributed by atoms with E-state index in [1.165, 1.54) is 24.2 Å². The first-order chi connectivity index (χ1) is 12.9. The van der Waals surface area contributed by atoms with Crippen LogP contribution in [0.3, 0.4) is 0 Å². The number of aliphatic hydroxyl groups excluding tert-OH is 3. The Bertz CT molecular complexity index is 674. The number of carbonyl (C=O) groups is 1. The average molecular weight is 381 g/mol. The van der Waals surface area contributed by atoms with E-state index in [2.05, 4.69) is 15.6 Å². The van der Waals surface area contributed by atoms with Crippen LogP contribution in [-0.4, -0.2) is 79.0 Å². The molecule has 1 aliphatic heterocycles. The monoisotopic (exact) mass is 381 g/mol. The van der Waals surface area contributed by atoms with E-state index in [1.54, 1.807) is 0 Å². The molecule has 2 heterocycles. The van der Waals surface area contributed by atoms with Crippen molar-refractivity contribution in [1.82, 2.24) is 20.3 Å². The van der Waals surface area contributed by atoms with Crippen molar-refractivity contribution in [3.63, 3.8) is 0 Å². The van der Waals surface area contributed by atoms with Crippen LogP contribution in [-0.2, 0) is 4.74 Å². The Morgan fingerprint density at radius 1 is 1.33 bits per heavy atom. The van der Waals surface area contributed by atoms with Gasteiger partial charge in [-0.25, -0.2) is 4.68 Å². The first-order valence-corrected chi connectivity index (χ1v) is 9.32. The zero-order valence-electron chi connectivity index (χ0n) is 15.3. The maximum Gasteiger partial charge on any atom is 0.273 e. The molecule has 150 valence electrons. The van der Waals surface area contributed by atoms with E-state index >= 15 is 0 Å². The van der Waals surface area contributed by atoms with Gasteiger partial charge in [-0.05, 0) is 19.8 Å². The van der Waals surface area contributed by atoms with E-state index in [0.29, 0.717) is 0 Å². The van der Waals surface area contributed by atoms with E-state index in [1.807, 2.05) is 0 Å². The quantitative estimate of drug-likeness (QED) is 0.427. The van der Waals surface area contributed by atoms with Gasteiger partial charge in [0, 0.05) is 11.8 Å². The molecule has 10 nitrogen and oxygen atoms in total. The van der Waals surface area contributed by atoms with E-state index in [9.17, 15) is 20.1 Å². The van der Waals surface area contributed by atoms with E-state index in [4.69, 9.17) is 10.1 Å². The molecular formula is C17H27N5O5. The average Bonchev–Trinajstić information content (AvgIpc) is 3.12. The van der Waals surface area contributed by atoms with Crippen molar-refractivity contribution in [3.05, 3.63) is 11.9 Å². The molecule has 0 bridgehead atoms. The number of nitrogens with zero attached hydrogens (tertiary/aromatic N) is 3. The highest BCUT2D eigenvalue weighted by atomic mass is 16.5. The van der Waals surface area contributed by atoms with Crippen LogP contribution >= 0.6 is 0 Å². The molecule has 0 spiro atoms. The summed E-state index contributed by atoms with van der Waals surface area (Å²) in [4.78, 5) is 12.4. The SMILES string of the molecule is CC(=N)[C@@H]1O[C@H](CO)[C@H](O)[C@H](n2cc(C(=O)NC3CCCCC3)nn2)[C@H]1O. The first kappa shape index (κ1) is 19.9. The molecule has 0 radical (unpaired) electrons. The minimum absolute atomic E-state index is 0.0632. The second-order valence-corrected chi connectivity index (χ2v) is 7.32. The molecule has 5 atom stereocenters. The summed E-state index contributed by atoms with van der Waals surface area (Å²) in [6.07, 6.45) is 2.11. The van der Waals surface area contributed by atoms with Gasteiger partial charge in [0.1, 0.15) is 30.5 Å². The van der Waals surface area contributed by atoms with E-state index < -0.39 is 37.1 Å². The number of amides is 1. The van der Waals surface area contributed by atoms with Crippen LogP contribution in [0.5, 0.6) is 0 Å². The van der Waals surface area contributed by atoms with E-state index in [-0.39, 0.29) is 23.4 Å². The van der Waals surface area contributed by atoms with Crippen LogP contribution < -0.4 is 5.32 Å². The fraction of sp³-hybridized carbons (Fsp3) is 0.765. The van der Waals surface area contributed by atoms with Crippen LogP contribution in [0.4, 0.5) is 0 Å². The van der Waals surface area contributed by atoms with Crippen LogP contribution in [0.2, 0.25) is 0 Å². The Kier molecular flexibility index (Phi) is 6.20. The van der Waals surface area contributed by atoms with Gasteiger partial charge in [-0.15, -0.1) is 5.10 Å². The van der Waals surface area contributed by atoms with Gasteiger partial charge in [0.2, 0.25) is 0 Å². The van der Waals surface area contributed by atoms with Crippen molar-refractivity contribution >= 4 is 11.6 Å². The molecule has 1 aromatic heterocycles. The van der Waals surface area contributed by atoms with Crippen LogP contribution in [0, 0.1) is 5.41 Å². The molecule has 0 aromatic carbocycles. The lowest BCUT2D eigenvalue weighted by Gasteiger charge is -2.41. The Labute approximate surface area is 157 Å². The summed E-state index contributed by atoms with van der Waals surface area (Å²) < 4.78 is 6.63. The smallest absolute Gasteiger partial charge is 0.273 e. The zero-order chi connectivity index (χ0) is 19.6. The van der Waals surface area contributed by atoms with Gasteiger partial charge in [0.15, 0.2) is 5.69 Å². The lowest BCUT2D eigenvalue weighted by atomic mass is 9.91. The van der Waals surface area contributed by atoms with Crippen LogP contribution in [0.15, 0.2) is 6.20 Å². The van der Waals surface area contributed by atoms with Gasteiger partial charge < -0.3 is 30.8 Å². The number of hydrogen-bond acceptors (Lipinski definition) is 8. The third-order valence-corrected chi connectivity index (χ3v) is 5.31. The molecule has 1 aromatic rings. The highest BCUT2D eigenvalue weighted by Gasteiger charge is 2.46. The Balaban J connectivity index is 1.76. The Morgan fingerprint density at radius 2 is 2.04 bits per heavy atom. The highest BCUT2D eigenvalue weighted by molar-refractivity contribution is 5.92. The normalized spacial score (nSPS) is 32.2. The topological polar surface area (TPSA) is 154 Å². The zero-order valence-corrected chi connectivity index (χ0v) is 15.3. The standard InChI is InChI=1S/C17H27N5O5/c1-9(18)16-15(25)13(14(24)12(8-23)27-16)22-7-11(20-21-22)17(26)19-10-5-3-2-4-6-10/h7,10,12-16,18,23-25H,2-6,8H2,1H3,(H,19,26)/t12-,13+,14+,15-,16+/m1/s1. The fourth-order valence-corrected chi connectivity index (χ4v) is 3.81. The van der Waals surface area contributed by atoms with Crippen molar-refractivity contribution in [2.24, 2.45) is 0 Å². The molecule has 2 fully saturated rings. The number of hydrogen-bond donors (Lipinski definition) is 5.